The van der Waals surface area contributed by atoms with Crippen molar-refractivity contribution < 1.29 is 9.50 Å². The van der Waals surface area contributed by atoms with Crippen molar-refractivity contribution in [2.45, 2.75) is 19.4 Å². The smallest absolute Gasteiger partial charge is 0.225 e. The standard InChI is InChI=1S/C8H13FN4O/c1-2-5(4-14)12-8-11-3-6(9)7(10)13-8/h3,5,14H,2,4H2,1H3,(H3,10,11,12,13). The van der Waals surface area contributed by atoms with Gasteiger partial charge in [0.15, 0.2) is 11.6 Å². The summed E-state index contributed by atoms with van der Waals surface area (Å²) in [7, 11) is 0. The van der Waals surface area contributed by atoms with Gasteiger partial charge in [-0.15, -0.1) is 0 Å². The highest BCUT2D eigenvalue weighted by molar-refractivity contribution is 5.37. The number of nitrogen functional groups attached to an aromatic ring is 1. The van der Waals surface area contributed by atoms with Crippen molar-refractivity contribution in [3.05, 3.63) is 12.0 Å². The number of rotatable bonds is 4. The minimum atomic E-state index is -0.646. The largest absolute Gasteiger partial charge is 0.394 e. The van der Waals surface area contributed by atoms with Crippen molar-refractivity contribution >= 4 is 11.8 Å². The average molecular weight is 200 g/mol. The summed E-state index contributed by atoms with van der Waals surface area (Å²) < 4.78 is 12.7. The molecule has 1 heterocycles. The highest BCUT2D eigenvalue weighted by Crippen LogP contribution is 2.08. The van der Waals surface area contributed by atoms with Crippen molar-refractivity contribution in [2.75, 3.05) is 17.7 Å². The van der Waals surface area contributed by atoms with Crippen LogP contribution in [0.25, 0.3) is 0 Å². The number of anilines is 2. The number of halogens is 1. The zero-order chi connectivity index (χ0) is 10.6. The molecular weight excluding hydrogens is 187 g/mol. The molecule has 0 aromatic carbocycles. The van der Waals surface area contributed by atoms with Crippen LogP contribution in [0.4, 0.5) is 16.2 Å². The zero-order valence-corrected chi connectivity index (χ0v) is 7.87. The van der Waals surface area contributed by atoms with Gasteiger partial charge in [0, 0.05) is 0 Å². The van der Waals surface area contributed by atoms with Crippen LogP contribution in [0.3, 0.4) is 0 Å². The van der Waals surface area contributed by atoms with Crippen LogP contribution in [0.2, 0.25) is 0 Å². The molecule has 0 amide bonds. The molecule has 0 radical (unpaired) electrons. The van der Waals surface area contributed by atoms with E-state index in [0.29, 0.717) is 0 Å². The van der Waals surface area contributed by atoms with Crippen LogP contribution in [-0.2, 0) is 0 Å². The van der Waals surface area contributed by atoms with Gasteiger partial charge in [0.05, 0.1) is 18.8 Å². The van der Waals surface area contributed by atoms with Gasteiger partial charge < -0.3 is 16.2 Å². The Hall–Kier alpha value is -1.43. The lowest BCUT2D eigenvalue weighted by molar-refractivity contribution is 0.271. The second kappa shape index (κ2) is 4.71. The van der Waals surface area contributed by atoms with E-state index < -0.39 is 5.82 Å². The summed E-state index contributed by atoms with van der Waals surface area (Å²) in [6.07, 6.45) is 1.71. The summed E-state index contributed by atoms with van der Waals surface area (Å²) in [4.78, 5) is 7.36. The number of aliphatic hydroxyl groups is 1. The van der Waals surface area contributed by atoms with E-state index >= 15 is 0 Å². The van der Waals surface area contributed by atoms with Gasteiger partial charge in [0.25, 0.3) is 0 Å². The number of aliphatic hydroxyl groups excluding tert-OH is 1. The molecule has 0 aliphatic carbocycles. The van der Waals surface area contributed by atoms with Gasteiger partial charge in [0.1, 0.15) is 0 Å². The summed E-state index contributed by atoms with van der Waals surface area (Å²) in [5.41, 5.74) is 5.25. The first-order valence-electron chi connectivity index (χ1n) is 4.32. The first kappa shape index (κ1) is 10.6. The van der Waals surface area contributed by atoms with Crippen LogP contribution in [0.5, 0.6) is 0 Å². The first-order chi connectivity index (χ1) is 6.67. The molecule has 0 bridgehead atoms. The Bertz CT molecular complexity index is 303. The van der Waals surface area contributed by atoms with Gasteiger partial charge in [-0.05, 0) is 6.42 Å². The van der Waals surface area contributed by atoms with E-state index in [1.165, 1.54) is 0 Å². The van der Waals surface area contributed by atoms with Crippen molar-refractivity contribution in [3.8, 4) is 0 Å². The zero-order valence-electron chi connectivity index (χ0n) is 7.87. The molecule has 14 heavy (non-hydrogen) atoms. The van der Waals surface area contributed by atoms with Crippen LogP contribution in [0, 0.1) is 5.82 Å². The molecule has 0 aliphatic rings. The van der Waals surface area contributed by atoms with Crippen LogP contribution in [0.15, 0.2) is 6.20 Å². The Morgan fingerprint density at radius 3 is 2.93 bits per heavy atom. The lowest BCUT2D eigenvalue weighted by Crippen LogP contribution is -2.24. The van der Waals surface area contributed by atoms with Crippen molar-refractivity contribution in [1.29, 1.82) is 0 Å². The normalized spacial score (nSPS) is 12.5. The summed E-state index contributed by atoms with van der Waals surface area (Å²) in [5, 5.41) is 11.7. The van der Waals surface area contributed by atoms with Gasteiger partial charge in [-0.2, -0.15) is 4.98 Å². The first-order valence-corrected chi connectivity index (χ1v) is 4.32. The van der Waals surface area contributed by atoms with Gasteiger partial charge >= 0.3 is 0 Å². The molecule has 1 unspecified atom stereocenters. The van der Waals surface area contributed by atoms with E-state index in [1.807, 2.05) is 6.92 Å². The van der Waals surface area contributed by atoms with E-state index in [2.05, 4.69) is 15.3 Å². The lowest BCUT2D eigenvalue weighted by Gasteiger charge is -2.13. The maximum atomic E-state index is 12.7. The fraction of sp³-hybridized carbons (Fsp3) is 0.500. The monoisotopic (exact) mass is 200 g/mol. The second-order valence-corrected chi connectivity index (χ2v) is 2.86. The van der Waals surface area contributed by atoms with Crippen molar-refractivity contribution in [1.82, 2.24) is 9.97 Å². The third kappa shape index (κ3) is 2.53. The van der Waals surface area contributed by atoms with Crippen LogP contribution < -0.4 is 11.1 Å². The molecule has 1 rings (SSSR count). The number of nitrogens with zero attached hydrogens (tertiary/aromatic N) is 2. The SMILES string of the molecule is CCC(CO)Nc1ncc(F)c(N)n1. The molecule has 6 heteroatoms. The molecule has 78 valence electrons. The number of hydrogen-bond acceptors (Lipinski definition) is 5. The molecule has 0 spiro atoms. The Morgan fingerprint density at radius 2 is 2.43 bits per heavy atom. The van der Waals surface area contributed by atoms with Gasteiger partial charge in [-0.3, -0.25) is 0 Å². The molecule has 1 aromatic rings. The third-order valence-electron chi connectivity index (χ3n) is 1.82. The molecule has 0 saturated heterocycles. The fourth-order valence-corrected chi connectivity index (χ4v) is 0.909. The quantitative estimate of drug-likeness (QED) is 0.654. The number of nitrogens with two attached hydrogens (primary N) is 1. The number of aromatic nitrogens is 2. The second-order valence-electron chi connectivity index (χ2n) is 2.86. The Labute approximate surface area is 81.2 Å². The molecule has 0 saturated carbocycles. The van der Waals surface area contributed by atoms with Crippen molar-refractivity contribution in [3.63, 3.8) is 0 Å². The molecule has 0 fully saturated rings. The van der Waals surface area contributed by atoms with Gasteiger partial charge in [-0.1, -0.05) is 6.92 Å². The Balaban J connectivity index is 2.72. The van der Waals surface area contributed by atoms with Crippen LogP contribution >= 0.6 is 0 Å². The van der Waals surface area contributed by atoms with Crippen LogP contribution in [-0.4, -0.2) is 27.7 Å². The summed E-state index contributed by atoms with van der Waals surface area (Å²) in [6.45, 7) is 1.87. The Morgan fingerprint density at radius 1 is 1.71 bits per heavy atom. The maximum Gasteiger partial charge on any atom is 0.225 e. The van der Waals surface area contributed by atoms with E-state index in [9.17, 15) is 4.39 Å². The molecule has 1 atom stereocenters. The number of nitrogens with one attached hydrogen (secondary N) is 1. The maximum absolute atomic E-state index is 12.7. The minimum absolute atomic E-state index is 0.0306. The third-order valence-corrected chi connectivity index (χ3v) is 1.82. The average Bonchev–Trinajstić information content (AvgIpc) is 2.19. The van der Waals surface area contributed by atoms with E-state index in [4.69, 9.17) is 10.8 Å². The molecule has 4 N–H and O–H groups in total. The topological polar surface area (TPSA) is 84.1 Å². The minimum Gasteiger partial charge on any atom is -0.394 e. The lowest BCUT2D eigenvalue weighted by atomic mass is 10.2. The molecular formula is C8H13FN4O. The summed E-state index contributed by atoms with van der Waals surface area (Å²) in [5.74, 6) is -0.618. The predicted octanol–water partition coefficient (Wildman–Crippen LogP) is 0.381. The molecule has 0 aliphatic heterocycles. The highest BCUT2D eigenvalue weighted by atomic mass is 19.1. The molecule has 1 aromatic heterocycles. The van der Waals surface area contributed by atoms with Crippen LogP contribution in [0.1, 0.15) is 13.3 Å². The fourth-order valence-electron chi connectivity index (χ4n) is 0.909. The molecule has 5 nitrogen and oxygen atoms in total. The number of hydrogen-bond donors (Lipinski definition) is 3. The Kier molecular flexibility index (Phi) is 3.58. The van der Waals surface area contributed by atoms with Gasteiger partial charge in [-0.25, -0.2) is 9.37 Å². The summed E-state index contributed by atoms with van der Waals surface area (Å²) >= 11 is 0. The van der Waals surface area contributed by atoms with Crippen molar-refractivity contribution in [2.24, 2.45) is 0 Å². The van der Waals surface area contributed by atoms with E-state index in [0.717, 1.165) is 12.6 Å². The highest BCUT2D eigenvalue weighted by Gasteiger charge is 2.07. The van der Waals surface area contributed by atoms with E-state index in [-0.39, 0.29) is 24.4 Å². The van der Waals surface area contributed by atoms with Gasteiger partial charge in [0.2, 0.25) is 5.95 Å². The van der Waals surface area contributed by atoms with E-state index in [1.54, 1.807) is 0 Å². The predicted molar refractivity (Wildman–Crippen MR) is 51.2 cm³/mol. The summed E-state index contributed by atoms with van der Waals surface area (Å²) in [6, 6.07) is -0.139.